The van der Waals surface area contributed by atoms with Crippen LogP contribution in [0, 0.1) is 0 Å². The van der Waals surface area contributed by atoms with Gasteiger partial charge in [-0.1, -0.05) is 49.6 Å². The van der Waals surface area contributed by atoms with Crippen molar-refractivity contribution < 1.29 is 9.90 Å². The zero-order chi connectivity index (χ0) is 19.1. The second-order valence-electron chi connectivity index (χ2n) is 7.75. The minimum absolute atomic E-state index is 0.142. The van der Waals surface area contributed by atoms with Crippen molar-refractivity contribution in [2.75, 3.05) is 0 Å². The van der Waals surface area contributed by atoms with Gasteiger partial charge in [0.25, 0.3) is 0 Å². The van der Waals surface area contributed by atoms with E-state index in [-0.39, 0.29) is 12.5 Å². The van der Waals surface area contributed by atoms with E-state index >= 15 is 0 Å². The molecule has 5 heteroatoms. The van der Waals surface area contributed by atoms with Gasteiger partial charge < -0.3 is 10.4 Å². The maximum absolute atomic E-state index is 11.1. The van der Waals surface area contributed by atoms with Crippen molar-refractivity contribution in [3.05, 3.63) is 53.3 Å². The average Bonchev–Trinajstić information content (AvgIpc) is 3.06. The lowest BCUT2D eigenvalue weighted by atomic mass is 9.85. The Hall–Kier alpha value is -2.14. The van der Waals surface area contributed by atoms with Gasteiger partial charge in [-0.05, 0) is 31.2 Å². The molecule has 0 bridgehead atoms. The zero-order valence-electron chi connectivity index (χ0n) is 16.2. The standard InChI is InChI=1S/C22H31N3O2/c1-25-16-19(22(24-25)18-10-6-3-7-11-18)15-23-20(12-13-21(26)27)14-17-8-4-2-5-9-17/h2,4-5,8-9,16,18,20,23H,3,6-7,10-15H2,1H3,(H,26,27). The minimum Gasteiger partial charge on any atom is -0.481 e. The molecular formula is C22H31N3O2. The highest BCUT2D eigenvalue weighted by atomic mass is 16.4. The molecule has 0 radical (unpaired) electrons. The van der Waals surface area contributed by atoms with Crippen molar-refractivity contribution in [3.63, 3.8) is 0 Å². The number of nitrogens with zero attached hydrogens (tertiary/aromatic N) is 2. The molecule has 0 spiro atoms. The topological polar surface area (TPSA) is 67.2 Å². The fourth-order valence-electron chi connectivity index (χ4n) is 4.14. The van der Waals surface area contributed by atoms with Crippen LogP contribution in [0.2, 0.25) is 0 Å². The summed E-state index contributed by atoms with van der Waals surface area (Å²) in [6.07, 6.45) is 10.2. The van der Waals surface area contributed by atoms with E-state index in [0.717, 1.165) is 13.0 Å². The fourth-order valence-corrected chi connectivity index (χ4v) is 4.14. The van der Waals surface area contributed by atoms with E-state index in [2.05, 4.69) is 23.6 Å². The van der Waals surface area contributed by atoms with Gasteiger partial charge >= 0.3 is 5.97 Å². The Kier molecular flexibility index (Phi) is 7.04. The van der Waals surface area contributed by atoms with Crippen molar-refractivity contribution in [1.29, 1.82) is 0 Å². The minimum atomic E-state index is -0.737. The van der Waals surface area contributed by atoms with Crippen LogP contribution in [0.3, 0.4) is 0 Å². The lowest BCUT2D eigenvalue weighted by Crippen LogP contribution is -2.31. The summed E-state index contributed by atoms with van der Waals surface area (Å²) >= 11 is 0. The molecule has 1 fully saturated rings. The van der Waals surface area contributed by atoms with Crippen LogP contribution < -0.4 is 5.32 Å². The zero-order valence-corrected chi connectivity index (χ0v) is 16.2. The van der Waals surface area contributed by atoms with Gasteiger partial charge in [-0.15, -0.1) is 0 Å². The molecule has 0 saturated heterocycles. The molecule has 1 aliphatic rings. The van der Waals surface area contributed by atoms with Gasteiger partial charge in [0.15, 0.2) is 0 Å². The van der Waals surface area contributed by atoms with Crippen molar-refractivity contribution in [1.82, 2.24) is 15.1 Å². The number of aromatic nitrogens is 2. The Labute approximate surface area is 161 Å². The lowest BCUT2D eigenvalue weighted by Gasteiger charge is -2.22. The Morgan fingerprint density at radius 3 is 2.70 bits per heavy atom. The van der Waals surface area contributed by atoms with Gasteiger partial charge in [0.2, 0.25) is 0 Å². The molecule has 0 aliphatic heterocycles. The quantitative estimate of drug-likeness (QED) is 0.700. The van der Waals surface area contributed by atoms with E-state index in [0.29, 0.717) is 12.3 Å². The van der Waals surface area contributed by atoms with Crippen molar-refractivity contribution in [2.24, 2.45) is 7.05 Å². The number of aryl methyl sites for hydroxylation is 1. The molecule has 1 aromatic carbocycles. The number of nitrogens with one attached hydrogen (secondary N) is 1. The number of carbonyl (C=O) groups is 1. The van der Waals surface area contributed by atoms with E-state index in [4.69, 9.17) is 10.2 Å². The highest BCUT2D eigenvalue weighted by molar-refractivity contribution is 5.66. The number of aliphatic carboxylic acids is 1. The maximum atomic E-state index is 11.1. The smallest absolute Gasteiger partial charge is 0.303 e. The molecule has 27 heavy (non-hydrogen) atoms. The van der Waals surface area contributed by atoms with Gasteiger partial charge in [0, 0.05) is 43.7 Å². The first-order valence-corrected chi connectivity index (χ1v) is 10.1. The van der Waals surface area contributed by atoms with E-state index < -0.39 is 5.97 Å². The van der Waals surface area contributed by atoms with Crippen molar-refractivity contribution >= 4 is 5.97 Å². The molecule has 0 amide bonds. The monoisotopic (exact) mass is 369 g/mol. The maximum Gasteiger partial charge on any atom is 0.303 e. The number of carboxylic acid groups (broad SMARTS) is 1. The predicted molar refractivity (Wildman–Crippen MR) is 107 cm³/mol. The van der Waals surface area contributed by atoms with Gasteiger partial charge in [0.05, 0.1) is 5.69 Å². The summed E-state index contributed by atoms with van der Waals surface area (Å²) in [5.74, 6) is -0.164. The summed E-state index contributed by atoms with van der Waals surface area (Å²) in [5.41, 5.74) is 3.73. The Balaban J connectivity index is 1.66. The average molecular weight is 370 g/mol. The van der Waals surface area contributed by atoms with Crippen LogP contribution in [-0.4, -0.2) is 26.9 Å². The second-order valence-corrected chi connectivity index (χ2v) is 7.75. The van der Waals surface area contributed by atoms with Crippen LogP contribution in [-0.2, 0) is 24.8 Å². The summed E-state index contributed by atoms with van der Waals surface area (Å²) in [5, 5.41) is 17.5. The molecule has 2 N–H and O–H groups in total. The van der Waals surface area contributed by atoms with Gasteiger partial charge in [0.1, 0.15) is 0 Å². The first kappa shape index (κ1) is 19.6. The normalized spacial score (nSPS) is 16.3. The number of hydrogen-bond donors (Lipinski definition) is 2. The van der Waals surface area contributed by atoms with E-state index in [1.807, 2.05) is 29.9 Å². The number of benzene rings is 1. The predicted octanol–water partition coefficient (Wildman–Crippen LogP) is 4.03. The fraction of sp³-hybridized carbons (Fsp3) is 0.545. The van der Waals surface area contributed by atoms with Crippen LogP contribution >= 0.6 is 0 Å². The molecule has 1 aliphatic carbocycles. The lowest BCUT2D eigenvalue weighted by molar-refractivity contribution is -0.137. The largest absolute Gasteiger partial charge is 0.481 e. The van der Waals surface area contributed by atoms with Crippen LogP contribution in [0.25, 0.3) is 0 Å². The molecule has 5 nitrogen and oxygen atoms in total. The summed E-state index contributed by atoms with van der Waals surface area (Å²) in [6, 6.07) is 10.4. The van der Waals surface area contributed by atoms with Gasteiger partial charge in [-0.2, -0.15) is 5.10 Å². The molecule has 2 aromatic rings. The molecule has 1 unspecified atom stereocenters. The summed E-state index contributed by atoms with van der Waals surface area (Å²) in [6.45, 7) is 0.747. The molecule has 1 atom stereocenters. The van der Waals surface area contributed by atoms with E-state index in [9.17, 15) is 4.79 Å². The molecule has 1 aromatic heterocycles. The Bertz CT molecular complexity index is 720. The second kappa shape index (κ2) is 9.70. The van der Waals surface area contributed by atoms with Crippen LogP contribution in [0.4, 0.5) is 0 Å². The Morgan fingerprint density at radius 2 is 2.00 bits per heavy atom. The van der Waals surface area contributed by atoms with Crippen LogP contribution in [0.1, 0.15) is 67.7 Å². The first-order valence-electron chi connectivity index (χ1n) is 10.1. The molecule has 146 valence electrons. The molecular weight excluding hydrogens is 338 g/mol. The van der Waals surface area contributed by atoms with Crippen molar-refractivity contribution in [2.45, 2.75) is 69.9 Å². The third kappa shape index (κ3) is 5.93. The third-order valence-electron chi connectivity index (χ3n) is 5.54. The third-order valence-corrected chi connectivity index (χ3v) is 5.54. The summed E-state index contributed by atoms with van der Waals surface area (Å²) < 4.78 is 1.92. The number of hydrogen-bond acceptors (Lipinski definition) is 3. The van der Waals surface area contributed by atoms with E-state index in [1.165, 1.54) is 48.9 Å². The van der Waals surface area contributed by atoms with Gasteiger partial charge in [-0.25, -0.2) is 0 Å². The van der Waals surface area contributed by atoms with Gasteiger partial charge in [-0.3, -0.25) is 9.48 Å². The molecule has 1 heterocycles. The molecule has 3 rings (SSSR count). The molecule has 1 saturated carbocycles. The van der Waals surface area contributed by atoms with Crippen LogP contribution in [0.5, 0.6) is 0 Å². The SMILES string of the molecule is Cn1cc(CNC(CCC(=O)O)Cc2ccccc2)c(C2CCCCC2)n1. The van der Waals surface area contributed by atoms with E-state index in [1.54, 1.807) is 0 Å². The summed E-state index contributed by atoms with van der Waals surface area (Å²) in [7, 11) is 1.99. The highest BCUT2D eigenvalue weighted by Gasteiger charge is 2.22. The Morgan fingerprint density at radius 1 is 1.26 bits per heavy atom. The highest BCUT2D eigenvalue weighted by Crippen LogP contribution is 2.33. The van der Waals surface area contributed by atoms with Crippen LogP contribution in [0.15, 0.2) is 36.5 Å². The summed E-state index contributed by atoms with van der Waals surface area (Å²) in [4.78, 5) is 11.1. The number of rotatable bonds is 9. The number of carboxylic acids is 1. The van der Waals surface area contributed by atoms with Crippen molar-refractivity contribution in [3.8, 4) is 0 Å². The first-order chi connectivity index (χ1) is 13.1.